The highest BCUT2D eigenvalue weighted by molar-refractivity contribution is 5.94. The van der Waals surface area contributed by atoms with Gasteiger partial charge in [-0.15, -0.1) is 0 Å². The number of nitrogens with one attached hydrogen (secondary N) is 1. The fourth-order valence-electron chi connectivity index (χ4n) is 1.90. The van der Waals surface area contributed by atoms with E-state index in [1.54, 1.807) is 12.1 Å². The van der Waals surface area contributed by atoms with Crippen molar-refractivity contribution < 1.29 is 9.53 Å². The average molecular weight is 270 g/mol. The maximum absolute atomic E-state index is 11.4. The van der Waals surface area contributed by atoms with E-state index in [9.17, 15) is 4.79 Å². The summed E-state index contributed by atoms with van der Waals surface area (Å²) in [5.74, 6) is 5.65. The Kier molecular flexibility index (Phi) is 4.38. The van der Waals surface area contributed by atoms with Crippen molar-refractivity contribution in [2.24, 2.45) is 5.84 Å². The fraction of sp³-hybridized carbons (Fsp3) is 0.188. The molecule has 104 valence electrons. The molecule has 1 amide bonds. The third kappa shape index (κ3) is 3.36. The van der Waals surface area contributed by atoms with Crippen molar-refractivity contribution in [3.8, 4) is 16.9 Å². The van der Waals surface area contributed by atoms with Gasteiger partial charge in [0.25, 0.3) is 5.91 Å². The molecule has 0 bridgehead atoms. The van der Waals surface area contributed by atoms with E-state index in [1.165, 1.54) is 0 Å². The van der Waals surface area contributed by atoms with Crippen LogP contribution in [0.5, 0.6) is 5.75 Å². The summed E-state index contributed by atoms with van der Waals surface area (Å²) in [6, 6.07) is 15.1. The van der Waals surface area contributed by atoms with Gasteiger partial charge in [-0.3, -0.25) is 10.2 Å². The molecule has 3 N–H and O–H groups in total. The second-order valence-corrected chi connectivity index (χ2v) is 4.74. The number of ether oxygens (including phenoxy) is 1. The van der Waals surface area contributed by atoms with Gasteiger partial charge in [-0.05, 0) is 49.2 Å². The largest absolute Gasteiger partial charge is 0.491 e. The topological polar surface area (TPSA) is 64.3 Å². The standard InChI is InChI=1S/C16H18N2O2/c1-11(2)20-15-9-7-13(8-10-15)12-3-5-14(6-4-12)16(19)18-17/h3-11H,17H2,1-2H3,(H,18,19). The third-order valence-corrected chi connectivity index (χ3v) is 2.84. The summed E-state index contributed by atoms with van der Waals surface area (Å²) in [6.45, 7) is 3.99. The van der Waals surface area contributed by atoms with Crippen LogP contribution in [0.4, 0.5) is 0 Å². The first-order valence-electron chi connectivity index (χ1n) is 6.48. The van der Waals surface area contributed by atoms with Crippen LogP contribution in [0, 0.1) is 0 Å². The molecule has 0 saturated carbocycles. The van der Waals surface area contributed by atoms with Crippen molar-refractivity contribution >= 4 is 5.91 Å². The molecule has 2 rings (SSSR count). The van der Waals surface area contributed by atoms with Crippen molar-refractivity contribution in [1.29, 1.82) is 0 Å². The predicted molar refractivity (Wildman–Crippen MR) is 79.3 cm³/mol. The number of hydrogen-bond acceptors (Lipinski definition) is 3. The highest BCUT2D eigenvalue weighted by atomic mass is 16.5. The molecule has 0 aliphatic heterocycles. The molecule has 0 heterocycles. The zero-order valence-corrected chi connectivity index (χ0v) is 11.6. The molecule has 0 saturated heterocycles. The Morgan fingerprint density at radius 3 is 1.95 bits per heavy atom. The summed E-state index contributed by atoms with van der Waals surface area (Å²) in [4.78, 5) is 11.4. The number of carbonyl (C=O) groups is 1. The number of rotatable bonds is 4. The van der Waals surface area contributed by atoms with Crippen LogP contribution in [0.3, 0.4) is 0 Å². The van der Waals surface area contributed by atoms with Gasteiger partial charge in [-0.2, -0.15) is 0 Å². The fourth-order valence-corrected chi connectivity index (χ4v) is 1.90. The smallest absolute Gasteiger partial charge is 0.265 e. The van der Waals surface area contributed by atoms with E-state index >= 15 is 0 Å². The van der Waals surface area contributed by atoms with Crippen LogP contribution < -0.4 is 16.0 Å². The monoisotopic (exact) mass is 270 g/mol. The van der Waals surface area contributed by atoms with Gasteiger partial charge < -0.3 is 4.74 Å². The molecule has 0 aliphatic rings. The SMILES string of the molecule is CC(C)Oc1ccc(-c2ccc(C(=O)NN)cc2)cc1. The lowest BCUT2D eigenvalue weighted by molar-refractivity contribution is 0.0953. The van der Waals surface area contributed by atoms with Gasteiger partial charge in [0.05, 0.1) is 6.10 Å². The van der Waals surface area contributed by atoms with E-state index in [0.717, 1.165) is 16.9 Å². The predicted octanol–water partition coefficient (Wildman–Crippen LogP) is 2.74. The lowest BCUT2D eigenvalue weighted by atomic mass is 10.0. The van der Waals surface area contributed by atoms with Gasteiger partial charge in [-0.1, -0.05) is 24.3 Å². The molecule has 0 fully saturated rings. The molecular weight excluding hydrogens is 252 g/mol. The highest BCUT2D eigenvalue weighted by Crippen LogP contribution is 2.23. The Labute approximate surface area is 118 Å². The molecular formula is C16H18N2O2. The molecule has 0 aromatic heterocycles. The molecule has 0 unspecified atom stereocenters. The zero-order valence-electron chi connectivity index (χ0n) is 11.6. The number of nitrogens with two attached hydrogens (primary N) is 1. The van der Waals surface area contributed by atoms with Gasteiger partial charge in [0.15, 0.2) is 0 Å². The maximum Gasteiger partial charge on any atom is 0.265 e. The zero-order chi connectivity index (χ0) is 14.5. The number of hydrazine groups is 1. The Morgan fingerprint density at radius 1 is 1.00 bits per heavy atom. The Bertz CT molecular complexity index is 574. The molecule has 4 heteroatoms. The quantitative estimate of drug-likeness (QED) is 0.510. The summed E-state index contributed by atoms with van der Waals surface area (Å²) in [5.41, 5.74) is 4.76. The Hall–Kier alpha value is -2.33. The molecule has 0 atom stereocenters. The summed E-state index contributed by atoms with van der Waals surface area (Å²) in [5, 5.41) is 0. The van der Waals surface area contributed by atoms with E-state index in [2.05, 4.69) is 5.43 Å². The van der Waals surface area contributed by atoms with Crippen LogP contribution in [-0.4, -0.2) is 12.0 Å². The van der Waals surface area contributed by atoms with Crippen molar-refractivity contribution in [1.82, 2.24) is 5.43 Å². The third-order valence-electron chi connectivity index (χ3n) is 2.84. The highest BCUT2D eigenvalue weighted by Gasteiger charge is 2.04. The first-order valence-corrected chi connectivity index (χ1v) is 6.48. The number of hydrogen-bond donors (Lipinski definition) is 2. The molecule has 2 aromatic rings. The second-order valence-electron chi connectivity index (χ2n) is 4.74. The normalized spacial score (nSPS) is 10.4. The van der Waals surface area contributed by atoms with E-state index in [1.807, 2.05) is 50.2 Å². The van der Waals surface area contributed by atoms with Crippen LogP contribution in [-0.2, 0) is 0 Å². The minimum atomic E-state index is -0.294. The Morgan fingerprint density at radius 2 is 1.50 bits per heavy atom. The van der Waals surface area contributed by atoms with Crippen LogP contribution >= 0.6 is 0 Å². The maximum atomic E-state index is 11.4. The van der Waals surface area contributed by atoms with Crippen molar-refractivity contribution in [3.63, 3.8) is 0 Å². The Balaban J connectivity index is 2.17. The van der Waals surface area contributed by atoms with Gasteiger partial charge in [0.1, 0.15) is 5.75 Å². The van der Waals surface area contributed by atoms with Crippen molar-refractivity contribution in [2.45, 2.75) is 20.0 Å². The van der Waals surface area contributed by atoms with Crippen LogP contribution in [0.25, 0.3) is 11.1 Å². The van der Waals surface area contributed by atoms with E-state index < -0.39 is 0 Å². The lowest BCUT2D eigenvalue weighted by Gasteiger charge is -2.10. The molecule has 0 aliphatic carbocycles. The summed E-state index contributed by atoms with van der Waals surface area (Å²) < 4.78 is 5.60. The number of nitrogen functional groups attached to an aromatic ring is 1. The van der Waals surface area contributed by atoms with E-state index in [0.29, 0.717) is 5.56 Å². The lowest BCUT2D eigenvalue weighted by Crippen LogP contribution is -2.29. The summed E-state index contributed by atoms with van der Waals surface area (Å²) in [7, 11) is 0. The van der Waals surface area contributed by atoms with E-state index in [-0.39, 0.29) is 12.0 Å². The molecule has 0 radical (unpaired) electrons. The molecule has 2 aromatic carbocycles. The first kappa shape index (κ1) is 14.1. The van der Waals surface area contributed by atoms with Gasteiger partial charge in [0, 0.05) is 5.56 Å². The van der Waals surface area contributed by atoms with Crippen LogP contribution in [0.15, 0.2) is 48.5 Å². The van der Waals surface area contributed by atoms with E-state index in [4.69, 9.17) is 10.6 Å². The van der Waals surface area contributed by atoms with Gasteiger partial charge >= 0.3 is 0 Å². The minimum absolute atomic E-state index is 0.162. The second kappa shape index (κ2) is 6.21. The van der Waals surface area contributed by atoms with Crippen molar-refractivity contribution in [2.75, 3.05) is 0 Å². The van der Waals surface area contributed by atoms with Gasteiger partial charge in [0.2, 0.25) is 0 Å². The number of carbonyl (C=O) groups excluding carboxylic acids is 1. The van der Waals surface area contributed by atoms with Crippen LogP contribution in [0.2, 0.25) is 0 Å². The number of benzene rings is 2. The summed E-state index contributed by atoms with van der Waals surface area (Å²) >= 11 is 0. The summed E-state index contributed by atoms with van der Waals surface area (Å²) in [6.07, 6.45) is 0.162. The van der Waals surface area contributed by atoms with Gasteiger partial charge in [-0.25, -0.2) is 5.84 Å². The molecule has 0 spiro atoms. The first-order chi connectivity index (χ1) is 9.60. The van der Waals surface area contributed by atoms with Crippen LogP contribution in [0.1, 0.15) is 24.2 Å². The number of amides is 1. The molecule has 4 nitrogen and oxygen atoms in total. The van der Waals surface area contributed by atoms with Crippen molar-refractivity contribution in [3.05, 3.63) is 54.1 Å². The molecule has 20 heavy (non-hydrogen) atoms. The minimum Gasteiger partial charge on any atom is -0.491 e. The average Bonchev–Trinajstić information content (AvgIpc) is 2.47.